The molecule has 2 aliphatic carbocycles. The molecule has 18 heavy (non-hydrogen) atoms. The van der Waals surface area contributed by atoms with E-state index in [-0.39, 0.29) is 5.41 Å². The van der Waals surface area contributed by atoms with Crippen LogP contribution in [0.25, 0.3) is 0 Å². The molecule has 2 fully saturated rings. The summed E-state index contributed by atoms with van der Waals surface area (Å²) in [5.41, 5.74) is 0.00295. The topological polar surface area (TPSA) is 17.1 Å². The van der Waals surface area contributed by atoms with Gasteiger partial charge in [-0.2, -0.15) is 0 Å². The van der Waals surface area contributed by atoms with E-state index in [4.69, 9.17) is 0 Å². The molecule has 1 heteroatoms. The lowest BCUT2D eigenvalue weighted by atomic mass is 9.57. The van der Waals surface area contributed by atoms with Crippen LogP contribution in [0.15, 0.2) is 0 Å². The number of hydrogen-bond acceptors (Lipinski definition) is 1. The zero-order valence-electron chi connectivity index (χ0n) is 12.5. The maximum Gasteiger partial charge on any atom is 0.139 e. The Labute approximate surface area is 113 Å². The van der Waals surface area contributed by atoms with Crippen LogP contribution in [-0.2, 0) is 4.79 Å². The average Bonchev–Trinajstić information content (AvgIpc) is 2.38. The lowest BCUT2D eigenvalue weighted by molar-refractivity contribution is -0.137. The third kappa shape index (κ3) is 2.65. The van der Waals surface area contributed by atoms with Gasteiger partial charge in [0.25, 0.3) is 0 Å². The van der Waals surface area contributed by atoms with Gasteiger partial charge in [0.15, 0.2) is 0 Å². The summed E-state index contributed by atoms with van der Waals surface area (Å²) in [5, 5.41) is 0. The van der Waals surface area contributed by atoms with Gasteiger partial charge in [-0.3, -0.25) is 4.79 Å². The number of ketones is 1. The van der Waals surface area contributed by atoms with Crippen molar-refractivity contribution in [1.29, 1.82) is 0 Å². The summed E-state index contributed by atoms with van der Waals surface area (Å²) in [6.07, 6.45) is 11.3. The molecule has 1 nitrogen and oxygen atoms in total. The Morgan fingerprint density at radius 2 is 2.06 bits per heavy atom. The van der Waals surface area contributed by atoms with Crippen LogP contribution < -0.4 is 0 Å². The van der Waals surface area contributed by atoms with Gasteiger partial charge in [-0.15, -0.1) is 0 Å². The van der Waals surface area contributed by atoms with Gasteiger partial charge in [-0.05, 0) is 37.0 Å². The Kier molecular flexibility index (Phi) is 4.50. The number of rotatable bonds is 4. The van der Waals surface area contributed by atoms with E-state index in [1.54, 1.807) is 0 Å². The first-order valence-corrected chi connectivity index (χ1v) is 8.14. The third-order valence-electron chi connectivity index (χ3n) is 5.88. The smallest absolute Gasteiger partial charge is 0.139 e. The zero-order valence-corrected chi connectivity index (χ0v) is 12.5. The van der Waals surface area contributed by atoms with Gasteiger partial charge < -0.3 is 0 Å². The lowest BCUT2D eigenvalue weighted by Gasteiger charge is -2.47. The van der Waals surface area contributed by atoms with Crippen LogP contribution in [-0.4, -0.2) is 5.78 Å². The molecule has 0 aliphatic heterocycles. The van der Waals surface area contributed by atoms with Gasteiger partial charge in [0.05, 0.1) is 0 Å². The summed E-state index contributed by atoms with van der Waals surface area (Å²) < 4.78 is 0. The molecule has 0 aromatic carbocycles. The van der Waals surface area contributed by atoms with E-state index in [9.17, 15) is 4.79 Å². The highest BCUT2D eigenvalue weighted by atomic mass is 16.1. The van der Waals surface area contributed by atoms with E-state index in [1.165, 1.54) is 44.9 Å². The van der Waals surface area contributed by atoms with E-state index in [2.05, 4.69) is 20.8 Å². The molecule has 0 bridgehead atoms. The highest BCUT2D eigenvalue weighted by Gasteiger charge is 2.46. The van der Waals surface area contributed by atoms with Crippen LogP contribution in [0.3, 0.4) is 0 Å². The molecule has 4 unspecified atom stereocenters. The molecule has 0 aromatic heterocycles. The predicted octanol–water partition coefficient (Wildman–Crippen LogP) is 4.99. The quantitative estimate of drug-likeness (QED) is 0.687. The van der Waals surface area contributed by atoms with Crippen LogP contribution in [0.4, 0.5) is 0 Å². The Balaban J connectivity index is 2.07. The summed E-state index contributed by atoms with van der Waals surface area (Å²) in [6.45, 7) is 6.71. The van der Waals surface area contributed by atoms with E-state index >= 15 is 0 Å². The average molecular weight is 250 g/mol. The Morgan fingerprint density at radius 1 is 1.28 bits per heavy atom. The van der Waals surface area contributed by atoms with Crippen molar-refractivity contribution < 1.29 is 4.79 Å². The van der Waals surface area contributed by atoms with Gasteiger partial charge in [0.2, 0.25) is 0 Å². The molecule has 4 atom stereocenters. The fraction of sp³-hybridized carbons (Fsp3) is 0.941. The van der Waals surface area contributed by atoms with Crippen LogP contribution in [0.1, 0.15) is 78.6 Å². The first-order chi connectivity index (χ1) is 8.60. The minimum absolute atomic E-state index is 0.00295. The molecule has 2 aliphatic rings. The first-order valence-electron chi connectivity index (χ1n) is 8.14. The molecule has 0 heterocycles. The molecule has 2 saturated carbocycles. The Morgan fingerprint density at radius 3 is 2.72 bits per heavy atom. The van der Waals surface area contributed by atoms with Crippen molar-refractivity contribution in [1.82, 2.24) is 0 Å². The molecule has 0 N–H and O–H groups in total. The van der Waals surface area contributed by atoms with E-state index < -0.39 is 0 Å². The molecule has 2 rings (SSSR count). The fourth-order valence-electron chi connectivity index (χ4n) is 4.33. The fourth-order valence-corrected chi connectivity index (χ4v) is 4.33. The second kappa shape index (κ2) is 5.75. The lowest BCUT2D eigenvalue weighted by Crippen LogP contribution is -2.43. The van der Waals surface area contributed by atoms with Crippen molar-refractivity contribution in [2.45, 2.75) is 78.6 Å². The highest BCUT2D eigenvalue weighted by Crippen LogP contribution is 2.50. The van der Waals surface area contributed by atoms with Crippen LogP contribution in [0.2, 0.25) is 0 Å². The SMILES string of the molecule is CCCCC1CCCC2CC(=O)C(C)(CC)CC12. The number of carbonyl (C=O) groups excluding carboxylic acids is 1. The highest BCUT2D eigenvalue weighted by molar-refractivity contribution is 5.85. The summed E-state index contributed by atoms with van der Waals surface area (Å²) in [5.74, 6) is 3.06. The Hall–Kier alpha value is -0.330. The van der Waals surface area contributed by atoms with Crippen molar-refractivity contribution in [2.75, 3.05) is 0 Å². The Bertz CT molecular complexity index is 296. The minimum atomic E-state index is 0.00295. The second-order valence-electron chi connectivity index (χ2n) is 7.00. The molecular weight excluding hydrogens is 220 g/mol. The van der Waals surface area contributed by atoms with Gasteiger partial charge in [-0.1, -0.05) is 52.9 Å². The molecule has 0 aromatic rings. The third-order valence-corrected chi connectivity index (χ3v) is 5.88. The summed E-state index contributed by atoms with van der Waals surface area (Å²) in [7, 11) is 0. The molecule has 0 radical (unpaired) electrons. The normalized spacial score (nSPS) is 40.6. The first kappa shape index (κ1) is 14.1. The van der Waals surface area contributed by atoms with E-state index in [0.29, 0.717) is 5.78 Å². The predicted molar refractivity (Wildman–Crippen MR) is 76.5 cm³/mol. The summed E-state index contributed by atoms with van der Waals surface area (Å²) >= 11 is 0. The molecule has 104 valence electrons. The van der Waals surface area contributed by atoms with Gasteiger partial charge in [0, 0.05) is 11.8 Å². The maximum absolute atomic E-state index is 12.3. The van der Waals surface area contributed by atoms with Crippen molar-refractivity contribution in [2.24, 2.45) is 23.2 Å². The molecular formula is C17H30O. The summed E-state index contributed by atoms with van der Waals surface area (Å²) in [4.78, 5) is 12.3. The monoisotopic (exact) mass is 250 g/mol. The van der Waals surface area contributed by atoms with E-state index in [1.807, 2.05) is 0 Å². The van der Waals surface area contributed by atoms with Crippen molar-refractivity contribution in [3.05, 3.63) is 0 Å². The maximum atomic E-state index is 12.3. The van der Waals surface area contributed by atoms with Crippen LogP contribution in [0, 0.1) is 23.2 Å². The van der Waals surface area contributed by atoms with Crippen LogP contribution >= 0.6 is 0 Å². The van der Waals surface area contributed by atoms with Gasteiger partial charge in [-0.25, -0.2) is 0 Å². The molecule has 0 saturated heterocycles. The number of carbonyl (C=O) groups is 1. The van der Waals surface area contributed by atoms with E-state index in [0.717, 1.165) is 30.6 Å². The molecule has 0 spiro atoms. The van der Waals surface area contributed by atoms with Crippen molar-refractivity contribution in [3.63, 3.8) is 0 Å². The van der Waals surface area contributed by atoms with Gasteiger partial charge >= 0.3 is 0 Å². The van der Waals surface area contributed by atoms with Crippen molar-refractivity contribution in [3.8, 4) is 0 Å². The number of hydrogen-bond donors (Lipinski definition) is 0. The second-order valence-corrected chi connectivity index (χ2v) is 7.00. The zero-order chi connectivity index (χ0) is 13.2. The summed E-state index contributed by atoms with van der Waals surface area (Å²) in [6, 6.07) is 0. The largest absolute Gasteiger partial charge is 0.299 e. The number of fused-ring (bicyclic) bond motifs is 1. The number of unbranched alkanes of at least 4 members (excludes halogenated alkanes) is 1. The minimum Gasteiger partial charge on any atom is -0.299 e. The molecule has 0 amide bonds. The van der Waals surface area contributed by atoms with Crippen molar-refractivity contribution >= 4 is 5.78 Å². The van der Waals surface area contributed by atoms with Crippen LogP contribution in [0.5, 0.6) is 0 Å². The number of Topliss-reactive ketones (excluding diaryl/α,β-unsaturated/α-hetero) is 1. The standard InChI is InChI=1S/C17H30O/c1-4-6-8-13-9-7-10-14-11-16(18)17(3,5-2)12-15(13)14/h13-15H,4-12H2,1-3H3. The van der Waals surface area contributed by atoms with Gasteiger partial charge in [0.1, 0.15) is 5.78 Å².